The molecule has 3 aromatic rings. The second kappa shape index (κ2) is 10.8. The SMILES string of the molecule is COc1ccc(CCC2c3ccsc3CCN(S(=O)(=O)c3ccc(OC)cc3)C2C(=O)NO)cc1. The first-order chi connectivity index (χ1) is 16.9. The van der Waals surface area contributed by atoms with Crippen LogP contribution in [0.1, 0.15) is 28.3 Å². The van der Waals surface area contributed by atoms with Gasteiger partial charge in [0.2, 0.25) is 10.0 Å². The third-order valence-electron chi connectivity index (χ3n) is 6.38. The molecule has 2 N–H and O–H groups in total. The number of ether oxygens (including phenoxy) is 2. The molecule has 186 valence electrons. The van der Waals surface area contributed by atoms with Gasteiger partial charge in [0.15, 0.2) is 0 Å². The molecule has 2 heterocycles. The number of methoxy groups -OCH3 is 2. The highest BCUT2D eigenvalue weighted by atomic mass is 32.2. The van der Waals surface area contributed by atoms with Crippen LogP contribution in [0.15, 0.2) is 64.9 Å². The van der Waals surface area contributed by atoms with Crippen LogP contribution in [0.3, 0.4) is 0 Å². The molecular formula is C25H28N2O6S2. The van der Waals surface area contributed by atoms with Crippen LogP contribution >= 0.6 is 11.3 Å². The summed E-state index contributed by atoms with van der Waals surface area (Å²) < 4.78 is 39.1. The van der Waals surface area contributed by atoms with E-state index >= 15 is 0 Å². The Balaban J connectivity index is 1.72. The van der Waals surface area contributed by atoms with Gasteiger partial charge in [-0.15, -0.1) is 11.3 Å². The lowest BCUT2D eigenvalue weighted by molar-refractivity contribution is -0.134. The number of aryl methyl sites for hydroxylation is 1. The fraction of sp³-hybridized carbons (Fsp3) is 0.320. The van der Waals surface area contributed by atoms with Gasteiger partial charge in [-0.05, 0) is 78.2 Å². The number of carbonyl (C=O) groups excluding carboxylic acids is 1. The number of nitrogens with zero attached hydrogens (tertiary/aromatic N) is 1. The zero-order valence-electron chi connectivity index (χ0n) is 19.5. The third-order valence-corrected chi connectivity index (χ3v) is 9.27. The van der Waals surface area contributed by atoms with Crippen molar-refractivity contribution in [3.05, 3.63) is 76.0 Å². The Morgan fingerprint density at radius 2 is 1.69 bits per heavy atom. The normalized spacial score (nSPS) is 18.4. The average molecular weight is 517 g/mol. The van der Waals surface area contributed by atoms with E-state index < -0.39 is 27.9 Å². The second-order valence-electron chi connectivity index (χ2n) is 8.25. The van der Waals surface area contributed by atoms with E-state index in [1.165, 1.54) is 23.5 Å². The van der Waals surface area contributed by atoms with E-state index in [0.717, 1.165) is 21.8 Å². The van der Waals surface area contributed by atoms with Crippen LogP contribution in [0.5, 0.6) is 11.5 Å². The molecule has 1 aliphatic heterocycles. The molecule has 0 fully saturated rings. The summed E-state index contributed by atoms with van der Waals surface area (Å²) in [6, 6.07) is 14.6. The van der Waals surface area contributed by atoms with Gasteiger partial charge in [-0.3, -0.25) is 10.0 Å². The molecule has 0 saturated carbocycles. The number of rotatable bonds is 8. The quantitative estimate of drug-likeness (QED) is 0.350. The maximum absolute atomic E-state index is 13.7. The molecule has 1 aromatic heterocycles. The Labute approximate surface area is 209 Å². The number of thiophene rings is 1. The summed E-state index contributed by atoms with van der Waals surface area (Å²) in [5.74, 6) is 0.0866. The average Bonchev–Trinajstić information content (AvgIpc) is 3.29. The summed E-state index contributed by atoms with van der Waals surface area (Å²) in [7, 11) is -0.930. The van der Waals surface area contributed by atoms with Crippen molar-refractivity contribution < 1.29 is 27.9 Å². The number of nitrogens with one attached hydrogen (secondary N) is 1. The zero-order valence-corrected chi connectivity index (χ0v) is 21.1. The van der Waals surface area contributed by atoms with Crippen LogP contribution in [-0.4, -0.2) is 50.6 Å². The maximum atomic E-state index is 13.7. The Morgan fingerprint density at radius 1 is 1.06 bits per heavy atom. The van der Waals surface area contributed by atoms with Crippen LogP contribution < -0.4 is 15.0 Å². The molecule has 0 aliphatic carbocycles. The molecule has 35 heavy (non-hydrogen) atoms. The van der Waals surface area contributed by atoms with Gasteiger partial charge in [0.25, 0.3) is 5.91 Å². The van der Waals surface area contributed by atoms with E-state index in [2.05, 4.69) is 0 Å². The van der Waals surface area contributed by atoms with Crippen molar-refractivity contribution in [1.29, 1.82) is 0 Å². The topological polar surface area (TPSA) is 105 Å². The third kappa shape index (κ3) is 5.20. The van der Waals surface area contributed by atoms with Crippen molar-refractivity contribution in [2.24, 2.45) is 0 Å². The Bertz CT molecular complexity index is 1260. The predicted molar refractivity (Wildman–Crippen MR) is 133 cm³/mol. The summed E-state index contributed by atoms with van der Waals surface area (Å²) in [5.41, 5.74) is 3.71. The van der Waals surface area contributed by atoms with Crippen molar-refractivity contribution in [2.45, 2.75) is 36.1 Å². The van der Waals surface area contributed by atoms with Gasteiger partial charge in [-0.2, -0.15) is 4.31 Å². The molecule has 2 aromatic carbocycles. The van der Waals surface area contributed by atoms with Crippen molar-refractivity contribution in [3.63, 3.8) is 0 Å². The van der Waals surface area contributed by atoms with Gasteiger partial charge in [0.1, 0.15) is 17.5 Å². The fourth-order valence-electron chi connectivity index (χ4n) is 4.57. The van der Waals surface area contributed by atoms with E-state index in [4.69, 9.17) is 9.47 Å². The molecule has 8 nitrogen and oxygen atoms in total. The van der Waals surface area contributed by atoms with Crippen LogP contribution in [-0.2, 0) is 27.7 Å². The van der Waals surface area contributed by atoms with E-state index in [1.54, 1.807) is 36.1 Å². The van der Waals surface area contributed by atoms with Crippen LogP contribution in [0.4, 0.5) is 0 Å². The number of hydrogen-bond donors (Lipinski definition) is 2. The molecule has 0 spiro atoms. The standard InChI is InChI=1S/C25H28N2O6S2/c1-32-18-6-3-17(4-7-18)5-12-22-21-14-16-34-23(21)13-15-27(24(22)25(28)26-29)35(30,31)20-10-8-19(33-2)9-11-20/h3-4,6-11,14,16,22,24,29H,5,12-13,15H2,1-2H3,(H,26,28). The summed E-state index contributed by atoms with van der Waals surface area (Å²) in [5, 5.41) is 11.6. The number of sulfonamides is 1. The first kappa shape index (κ1) is 25.2. The first-order valence-corrected chi connectivity index (χ1v) is 13.5. The van der Waals surface area contributed by atoms with Gasteiger partial charge >= 0.3 is 0 Å². The van der Waals surface area contributed by atoms with Crippen LogP contribution in [0.2, 0.25) is 0 Å². The van der Waals surface area contributed by atoms with Crippen molar-refractivity contribution in [1.82, 2.24) is 9.79 Å². The highest BCUT2D eigenvalue weighted by molar-refractivity contribution is 7.89. The predicted octanol–water partition coefficient (Wildman–Crippen LogP) is 3.60. The van der Waals surface area contributed by atoms with Crippen LogP contribution in [0.25, 0.3) is 0 Å². The maximum Gasteiger partial charge on any atom is 0.262 e. The lowest BCUT2D eigenvalue weighted by atomic mass is 9.86. The Kier molecular flexibility index (Phi) is 7.75. The summed E-state index contributed by atoms with van der Waals surface area (Å²) in [6.07, 6.45) is 1.62. The van der Waals surface area contributed by atoms with Gasteiger partial charge in [0.05, 0.1) is 19.1 Å². The molecule has 4 rings (SSSR count). The molecule has 2 unspecified atom stereocenters. The molecule has 1 aliphatic rings. The summed E-state index contributed by atoms with van der Waals surface area (Å²) in [4.78, 5) is 14.2. The number of carbonyl (C=O) groups is 1. The zero-order chi connectivity index (χ0) is 25.0. The minimum Gasteiger partial charge on any atom is -0.497 e. The number of hydrogen-bond acceptors (Lipinski definition) is 7. The monoisotopic (exact) mass is 516 g/mol. The van der Waals surface area contributed by atoms with Crippen molar-refractivity contribution in [2.75, 3.05) is 20.8 Å². The molecule has 0 bridgehead atoms. The van der Waals surface area contributed by atoms with Crippen molar-refractivity contribution in [3.8, 4) is 11.5 Å². The lowest BCUT2D eigenvalue weighted by Crippen LogP contribution is -2.51. The molecular weight excluding hydrogens is 488 g/mol. The largest absolute Gasteiger partial charge is 0.497 e. The smallest absolute Gasteiger partial charge is 0.262 e. The number of benzene rings is 2. The van der Waals surface area contributed by atoms with Gasteiger partial charge in [0, 0.05) is 17.3 Å². The molecule has 0 radical (unpaired) electrons. The summed E-state index contributed by atoms with van der Waals surface area (Å²) >= 11 is 1.56. The minimum absolute atomic E-state index is 0.0631. The summed E-state index contributed by atoms with van der Waals surface area (Å²) in [6.45, 7) is 0.124. The second-order valence-corrected chi connectivity index (χ2v) is 11.1. The number of hydroxylamine groups is 1. The van der Waals surface area contributed by atoms with E-state index in [9.17, 15) is 18.4 Å². The lowest BCUT2D eigenvalue weighted by Gasteiger charge is -2.33. The van der Waals surface area contributed by atoms with Crippen LogP contribution in [0, 0.1) is 0 Å². The number of amides is 1. The van der Waals surface area contributed by atoms with Gasteiger partial charge < -0.3 is 9.47 Å². The number of fused-ring (bicyclic) bond motifs is 1. The highest BCUT2D eigenvalue weighted by Crippen LogP contribution is 2.39. The van der Waals surface area contributed by atoms with E-state index in [0.29, 0.717) is 25.0 Å². The first-order valence-electron chi connectivity index (χ1n) is 11.2. The minimum atomic E-state index is -4.04. The fourth-order valence-corrected chi connectivity index (χ4v) is 7.13. The molecule has 2 atom stereocenters. The Hall–Kier alpha value is -2.92. The Morgan fingerprint density at radius 3 is 2.29 bits per heavy atom. The van der Waals surface area contributed by atoms with Gasteiger partial charge in [-0.25, -0.2) is 13.9 Å². The van der Waals surface area contributed by atoms with E-state index in [1.807, 2.05) is 35.7 Å². The molecule has 10 heteroatoms. The van der Waals surface area contributed by atoms with Gasteiger partial charge in [-0.1, -0.05) is 12.1 Å². The molecule has 0 saturated heterocycles. The molecule has 1 amide bonds. The van der Waals surface area contributed by atoms with Crippen molar-refractivity contribution >= 4 is 27.3 Å². The van der Waals surface area contributed by atoms with E-state index in [-0.39, 0.29) is 11.4 Å². The highest BCUT2D eigenvalue weighted by Gasteiger charge is 2.44.